The third-order valence-corrected chi connectivity index (χ3v) is 10.8. The monoisotopic (exact) mass is 707 g/mol. The van der Waals surface area contributed by atoms with Gasteiger partial charge < -0.3 is 15.0 Å². The van der Waals surface area contributed by atoms with Gasteiger partial charge in [-0.2, -0.15) is 0 Å². The lowest BCUT2D eigenvalue weighted by Gasteiger charge is -2.34. The number of halogens is 2. The highest BCUT2D eigenvalue weighted by Gasteiger charge is 2.36. The third kappa shape index (κ3) is 8.89. The molecule has 48 heavy (non-hydrogen) atoms. The van der Waals surface area contributed by atoms with Gasteiger partial charge in [-0.1, -0.05) is 84.6 Å². The summed E-state index contributed by atoms with van der Waals surface area (Å²) in [6.07, 6.45) is 4.01. The summed E-state index contributed by atoms with van der Waals surface area (Å²) in [4.78, 5) is 30.2. The van der Waals surface area contributed by atoms with Crippen molar-refractivity contribution in [1.29, 1.82) is 0 Å². The zero-order chi connectivity index (χ0) is 34.1. The quantitative estimate of drug-likeness (QED) is 0.149. The normalized spacial score (nSPS) is 13.9. The van der Waals surface area contributed by atoms with E-state index in [0.29, 0.717) is 28.0 Å². The molecule has 1 fully saturated rings. The number of rotatable bonds is 14. The van der Waals surface area contributed by atoms with E-state index in [1.54, 1.807) is 42.5 Å². The van der Waals surface area contributed by atoms with Crippen molar-refractivity contribution < 1.29 is 22.7 Å². The molecule has 1 atom stereocenters. The summed E-state index contributed by atoms with van der Waals surface area (Å²) in [7, 11) is -4.27. The molecule has 11 heteroatoms. The van der Waals surface area contributed by atoms with Crippen LogP contribution in [0.25, 0.3) is 0 Å². The molecule has 1 aliphatic rings. The number of carbonyl (C=O) groups excluding carboxylic acids is 2. The maximum absolute atomic E-state index is 14.7. The number of nitrogens with one attached hydrogen (secondary N) is 1. The van der Waals surface area contributed by atoms with E-state index in [4.69, 9.17) is 27.9 Å². The lowest BCUT2D eigenvalue weighted by molar-refractivity contribution is -0.140. The first-order valence-electron chi connectivity index (χ1n) is 16.0. The van der Waals surface area contributed by atoms with Gasteiger partial charge in [-0.3, -0.25) is 13.9 Å². The predicted molar refractivity (Wildman–Crippen MR) is 190 cm³/mol. The Morgan fingerprint density at radius 3 is 2.17 bits per heavy atom. The van der Waals surface area contributed by atoms with Crippen LogP contribution >= 0.6 is 23.2 Å². The number of hydrogen-bond acceptors (Lipinski definition) is 5. The molecular weight excluding hydrogens is 669 g/mol. The highest BCUT2D eigenvalue weighted by Crippen LogP contribution is 2.28. The molecule has 0 saturated heterocycles. The third-order valence-electron chi connectivity index (χ3n) is 8.39. The first-order chi connectivity index (χ1) is 23.2. The number of carbonyl (C=O) groups is 2. The minimum absolute atomic E-state index is 0.00773. The van der Waals surface area contributed by atoms with Crippen molar-refractivity contribution in [3.63, 3.8) is 0 Å². The zero-order valence-electron chi connectivity index (χ0n) is 26.7. The van der Waals surface area contributed by atoms with Crippen LogP contribution < -0.4 is 14.4 Å². The second kappa shape index (κ2) is 16.4. The summed E-state index contributed by atoms with van der Waals surface area (Å²) in [5, 5.41) is 3.98. The molecule has 1 N–H and O–H groups in total. The van der Waals surface area contributed by atoms with Crippen molar-refractivity contribution in [3.8, 4) is 5.75 Å². The molecule has 0 heterocycles. The van der Waals surface area contributed by atoms with Crippen molar-refractivity contribution in [3.05, 3.63) is 124 Å². The van der Waals surface area contributed by atoms with E-state index in [-0.39, 0.29) is 35.5 Å². The van der Waals surface area contributed by atoms with Crippen molar-refractivity contribution in [2.75, 3.05) is 17.5 Å². The Bertz CT molecular complexity index is 1780. The number of anilines is 1. The zero-order valence-corrected chi connectivity index (χ0v) is 29.1. The van der Waals surface area contributed by atoms with Crippen LogP contribution in [0.5, 0.6) is 5.75 Å². The largest absolute Gasteiger partial charge is 0.494 e. The molecule has 0 aliphatic heterocycles. The van der Waals surface area contributed by atoms with Gasteiger partial charge in [0.2, 0.25) is 11.8 Å². The number of hydrogen-bond donors (Lipinski definition) is 1. The van der Waals surface area contributed by atoms with Crippen molar-refractivity contribution in [2.45, 2.75) is 62.6 Å². The van der Waals surface area contributed by atoms with Gasteiger partial charge in [-0.25, -0.2) is 8.42 Å². The van der Waals surface area contributed by atoms with Crippen LogP contribution in [-0.2, 0) is 32.6 Å². The minimum Gasteiger partial charge on any atom is -0.494 e. The van der Waals surface area contributed by atoms with Crippen molar-refractivity contribution in [1.82, 2.24) is 10.2 Å². The summed E-state index contributed by atoms with van der Waals surface area (Å²) in [5.41, 5.74) is 1.75. The Morgan fingerprint density at radius 1 is 0.875 bits per heavy atom. The van der Waals surface area contributed by atoms with E-state index in [1.165, 1.54) is 29.2 Å². The number of nitrogens with zero attached hydrogens (tertiary/aromatic N) is 2. The van der Waals surface area contributed by atoms with Gasteiger partial charge in [0.1, 0.15) is 18.3 Å². The van der Waals surface area contributed by atoms with Crippen LogP contribution in [-0.4, -0.2) is 50.4 Å². The van der Waals surface area contributed by atoms with Crippen LogP contribution in [0, 0.1) is 0 Å². The molecule has 4 aromatic carbocycles. The number of benzene rings is 4. The molecular formula is C37H39Cl2N3O5S. The summed E-state index contributed by atoms with van der Waals surface area (Å²) in [5.74, 6) is -0.300. The molecule has 0 bridgehead atoms. The topological polar surface area (TPSA) is 96.0 Å². The van der Waals surface area contributed by atoms with Crippen LogP contribution in [0.4, 0.5) is 5.69 Å². The number of amides is 2. The molecule has 0 aromatic heterocycles. The second-order valence-electron chi connectivity index (χ2n) is 11.7. The predicted octanol–water partition coefficient (Wildman–Crippen LogP) is 7.29. The Hall–Kier alpha value is -4.05. The van der Waals surface area contributed by atoms with Crippen molar-refractivity contribution >= 4 is 50.7 Å². The molecule has 2 amide bonds. The van der Waals surface area contributed by atoms with Crippen molar-refractivity contribution in [2.24, 2.45) is 0 Å². The van der Waals surface area contributed by atoms with E-state index in [2.05, 4.69) is 5.32 Å². The molecule has 4 aromatic rings. The fraction of sp³-hybridized carbons (Fsp3) is 0.297. The Labute approximate surface area is 292 Å². The number of ether oxygens (including phenoxy) is 1. The van der Waals surface area contributed by atoms with Gasteiger partial charge in [0, 0.05) is 29.1 Å². The lowest BCUT2D eigenvalue weighted by atomic mass is 10.0. The molecule has 8 nitrogen and oxygen atoms in total. The summed E-state index contributed by atoms with van der Waals surface area (Å²) >= 11 is 12.7. The van der Waals surface area contributed by atoms with Gasteiger partial charge in [-0.05, 0) is 85.5 Å². The number of sulfonamides is 1. The molecule has 5 rings (SSSR count). The Balaban J connectivity index is 1.57. The molecule has 0 radical (unpaired) electrons. The summed E-state index contributed by atoms with van der Waals surface area (Å²) in [6.45, 7) is 1.71. The Morgan fingerprint density at radius 2 is 1.52 bits per heavy atom. The van der Waals surface area contributed by atoms with Crippen LogP contribution in [0.1, 0.15) is 43.7 Å². The first-order valence-corrected chi connectivity index (χ1v) is 18.2. The van der Waals surface area contributed by atoms with Gasteiger partial charge in [0.15, 0.2) is 0 Å². The van der Waals surface area contributed by atoms with E-state index in [9.17, 15) is 18.0 Å². The molecule has 0 unspecified atom stereocenters. The fourth-order valence-electron chi connectivity index (χ4n) is 5.87. The first kappa shape index (κ1) is 35.3. The van der Waals surface area contributed by atoms with E-state index in [1.807, 2.05) is 43.3 Å². The van der Waals surface area contributed by atoms with Gasteiger partial charge in [-0.15, -0.1) is 0 Å². The smallest absolute Gasteiger partial charge is 0.264 e. The molecule has 1 saturated carbocycles. The molecule has 252 valence electrons. The fourth-order valence-corrected chi connectivity index (χ4v) is 7.61. The standard InChI is InChI=1S/C37H39Cl2N3O5S/c1-2-47-32-20-18-31(19-21-32)42(48(45,46)33-22-16-29(38)17-23-33)26-36(43)41(25-28-12-6-9-15-34(28)39)35(24-27-10-4-3-5-11-27)37(44)40-30-13-7-8-14-30/h3-6,9-12,15-23,30,35H,2,7-8,13-14,24-26H2,1H3,(H,40,44)/t35-/m1/s1. The van der Waals surface area contributed by atoms with Crippen LogP contribution in [0.15, 0.2) is 108 Å². The van der Waals surface area contributed by atoms with Gasteiger partial charge in [0.25, 0.3) is 10.0 Å². The average molecular weight is 709 g/mol. The van der Waals surface area contributed by atoms with Gasteiger partial charge in [0.05, 0.1) is 17.2 Å². The molecule has 1 aliphatic carbocycles. The van der Waals surface area contributed by atoms with E-state index in [0.717, 1.165) is 35.6 Å². The average Bonchev–Trinajstić information content (AvgIpc) is 3.60. The summed E-state index contributed by atoms with van der Waals surface area (Å²) < 4.78 is 35.1. The summed E-state index contributed by atoms with van der Waals surface area (Å²) in [6, 6.07) is 27.9. The maximum Gasteiger partial charge on any atom is 0.264 e. The second-order valence-corrected chi connectivity index (χ2v) is 14.4. The Kier molecular flexibility index (Phi) is 12.0. The highest BCUT2D eigenvalue weighted by atomic mass is 35.5. The lowest BCUT2D eigenvalue weighted by Crippen LogP contribution is -2.54. The SMILES string of the molecule is CCOc1ccc(N(CC(=O)N(Cc2ccccc2Cl)[C@H](Cc2ccccc2)C(=O)NC2CCCC2)S(=O)(=O)c2ccc(Cl)cc2)cc1. The van der Waals surface area contributed by atoms with E-state index >= 15 is 0 Å². The van der Waals surface area contributed by atoms with Gasteiger partial charge >= 0.3 is 0 Å². The highest BCUT2D eigenvalue weighted by molar-refractivity contribution is 7.92. The van der Waals surface area contributed by atoms with Crippen LogP contribution in [0.3, 0.4) is 0 Å². The van der Waals surface area contributed by atoms with E-state index < -0.39 is 28.5 Å². The molecule has 0 spiro atoms. The van der Waals surface area contributed by atoms with Crippen LogP contribution in [0.2, 0.25) is 10.0 Å². The minimum atomic E-state index is -4.27. The maximum atomic E-state index is 14.7.